The van der Waals surface area contributed by atoms with Gasteiger partial charge in [-0.25, -0.2) is 14.8 Å². The Labute approximate surface area is 196 Å². The molecule has 0 saturated carbocycles. The number of hydrogen-bond acceptors (Lipinski definition) is 6. The maximum absolute atomic E-state index is 13.3. The third-order valence-corrected chi connectivity index (χ3v) is 5.80. The quantitative estimate of drug-likeness (QED) is 0.386. The summed E-state index contributed by atoms with van der Waals surface area (Å²) >= 11 is 0. The first-order valence-electron chi connectivity index (χ1n) is 10.9. The topological polar surface area (TPSA) is 86.9 Å². The van der Waals surface area contributed by atoms with E-state index < -0.39 is 0 Å². The van der Waals surface area contributed by atoms with Gasteiger partial charge in [-0.3, -0.25) is 14.1 Å². The van der Waals surface area contributed by atoms with E-state index in [-0.39, 0.29) is 5.69 Å². The van der Waals surface area contributed by atoms with E-state index in [1.807, 2.05) is 61.7 Å². The monoisotopic (exact) mass is 452 g/mol. The van der Waals surface area contributed by atoms with Crippen molar-refractivity contribution in [1.29, 1.82) is 0 Å². The molecule has 0 bridgehead atoms. The Bertz CT molecular complexity index is 1580. The molecule has 1 aromatic carbocycles. The van der Waals surface area contributed by atoms with Crippen LogP contribution in [0.3, 0.4) is 0 Å². The van der Waals surface area contributed by atoms with Gasteiger partial charge in [-0.2, -0.15) is 0 Å². The van der Waals surface area contributed by atoms with Crippen LogP contribution < -0.4 is 15.7 Å². The molecule has 170 valence electrons. The van der Waals surface area contributed by atoms with E-state index in [1.54, 1.807) is 41.8 Å². The van der Waals surface area contributed by atoms with Crippen LogP contribution in [-0.4, -0.2) is 37.7 Å². The maximum atomic E-state index is 13.3. The molecule has 4 heterocycles. The smallest absolute Gasteiger partial charge is 0.333 e. The van der Waals surface area contributed by atoms with Gasteiger partial charge in [0.1, 0.15) is 11.5 Å². The maximum Gasteiger partial charge on any atom is 0.333 e. The van der Waals surface area contributed by atoms with Crippen molar-refractivity contribution in [2.75, 3.05) is 19.0 Å². The van der Waals surface area contributed by atoms with Crippen molar-refractivity contribution in [1.82, 2.24) is 24.1 Å². The minimum absolute atomic E-state index is 0.195. The summed E-state index contributed by atoms with van der Waals surface area (Å²) in [5.74, 6) is 1.19. The number of pyridine rings is 3. The minimum Gasteiger partial charge on any atom is -0.479 e. The van der Waals surface area contributed by atoms with Gasteiger partial charge in [-0.05, 0) is 48.9 Å². The van der Waals surface area contributed by atoms with Crippen molar-refractivity contribution in [3.63, 3.8) is 0 Å². The summed E-state index contributed by atoms with van der Waals surface area (Å²) < 4.78 is 8.68. The van der Waals surface area contributed by atoms with Crippen LogP contribution in [0, 0.1) is 0 Å². The SMILES string of the molecule is C/C=C/CNc1ccc(-c2ccc3ncc4c(c3c2)n(-c2cccnc2OC)c(=O)n4C)cn1. The number of rotatable bonds is 6. The van der Waals surface area contributed by atoms with E-state index in [1.165, 1.54) is 0 Å². The third-order valence-electron chi connectivity index (χ3n) is 5.80. The first kappa shape index (κ1) is 21.4. The number of hydrogen-bond donors (Lipinski definition) is 1. The second-order valence-electron chi connectivity index (χ2n) is 7.81. The minimum atomic E-state index is -0.195. The molecule has 1 N–H and O–H groups in total. The number of benzene rings is 1. The van der Waals surface area contributed by atoms with E-state index in [9.17, 15) is 4.79 Å². The zero-order valence-electron chi connectivity index (χ0n) is 19.2. The van der Waals surface area contributed by atoms with Crippen LogP contribution in [-0.2, 0) is 7.05 Å². The molecule has 8 heteroatoms. The zero-order chi connectivity index (χ0) is 23.7. The number of imidazole rings is 1. The van der Waals surface area contributed by atoms with Crippen molar-refractivity contribution >= 4 is 27.8 Å². The number of nitrogens with one attached hydrogen (secondary N) is 1. The Morgan fingerprint density at radius 2 is 1.91 bits per heavy atom. The predicted molar refractivity (Wildman–Crippen MR) is 135 cm³/mol. The van der Waals surface area contributed by atoms with Crippen molar-refractivity contribution in [3.05, 3.63) is 83.7 Å². The standard InChI is InChI=1S/C26H24N6O2/c1-4-5-12-27-23-11-9-18(15-30-23)17-8-10-20-19(14-17)24-22(16-29-20)31(2)26(33)32(24)21-7-6-13-28-25(21)34-3/h4-11,13-16H,12H2,1-3H3,(H,27,30)/b5-4+. The second-order valence-corrected chi connectivity index (χ2v) is 7.81. The van der Waals surface area contributed by atoms with Crippen LogP contribution in [0.2, 0.25) is 0 Å². The number of allylic oxidation sites excluding steroid dienone is 1. The number of aryl methyl sites for hydroxylation is 1. The second kappa shape index (κ2) is 8.82. The van der Waals surface area contributed by atoms with E-state index in [2.05, 4.69) is 20.3 Å². The summed E-state index contributed by atoms with van der Waals surface area (Å²) in [6.07, 6.45) is 9.24. The van der Waals surface area contributed by atoms with Crippen molar-refractivity contribution in [3.8, 4) is 22.7 Å². The molecule has 34 heavy (non-hydrogen) atoms. The fourth-order valence-corrected chi connectivity index (χ4v) is 4.06. The predicted octanol–water partition coefficient (Wildman–Crippen LogP) is 4.33. The first-order chi connectivity index (χ1) is 16.6. The average Bonchev–Trinajstić information content (AvgIpc) is 3.14. The van der Waals surface area contributed by atoms with E-state index in [0.717, 1.165) is 45.4 Å². The summed E-state index contributed by atoms with van der Waals surface area (Å²) in [5, 5.41) is 4.11. The molecule has 5 aromatic rings. The highest BCUT2D eigenvalue weighted by molar-refractivity contribution is 6.04. The summed E-state index contributed by atoms with van der Waals surface area (Å²) in [6.45, 7) is 2.71. The normalized spacial score (nSPS) is 11.5. The van der Waals surface area contributed by atoms with Gasteiger partial charge in [0, 0.05) is 36.9 Å². The van der Waals surface area contributed by atoms with Gasteiger partial charge in [0.05, 0.1) is 29.9 Å². The fraction of sp³-hybridized carbons (Fsp3) is 0.154. The summed E-state index contributed by atoms with van der Waals surface area (Å²) in [4.78, 5) is 26.7. The summed E-state index contributed by atoms with van der Waals surface area (Å²) in [5.41, 5.74) is 4.60. The lowest BCUT2D eigenvalue weighted by Crippen LogP contribution is -2.21. The number of aromatic nitrogens is 5. The van der Waals surface area contributed by atoms with E-state index >= 15 is 0 Å². The van der Waals surface area contributed by atoms with Crippen LogP contribution in [0.25, 0.3) is 38.8 Å². The van der Waals surface area contributed by atoms with Crippen molar-refractivity contribution in [2.24, 2.45) is 7.05 Å². The van der Waals surface area contributed by atoms with Crippen LogP contribution in [0.5, 0.6) is 5.88 Å². The number of anilines is 1. The highest BCUT2D eigenvalue weighted by Crippen LogP contribution is 2.31. The fourth-order valence-electron chi connectivity index (χ4n) is 4.06. The van der Waals surface area contributed by atoms with Crippen molar-refractivity contribution < 1.29 is 4.74 Å². The number of ether oxygens (including phenoxy) is 1. The molecule has 0 unspecified atom stereocenters. The van der Waals surface area contributed by atoms with Crippen LogP contribution >= 0.6 is 0 Å². The Morgan fingerprint density at radius 1 is 1.06 bits per heavy atom. The summed E-state index contributed by atoms with van der Waals surface area (Å²) in [6, 6.07) is 13.6. The van der Waals surface area contributed by atoms with Gasteiger partial charge in [0.25, 0.3) is 0 Å². The Kier molecular flexibility index (Phi) is 5.55. The van der Waals surface area contributed by atoms with Crippen molar-refractivity contribution in [2.45, 2.75) is 6.92 Å². The van der Waals surface area contributed by atoms with Gasteiger partial charge in [0.2, 0.25) is 5.88 Å². The largest absolute Gasteiger partial charge is 0.479 e. The van der Waals surface area contributed by atoms with E-state index in [0.29, 0.717) is 11.6 Å². The molecule has 0 spiro atoms. The first-order valence-corrected chi connectivity index (χ1v) is 10.9. The zero-order valence-corrected chi connectivity index (χ0v) is 19.2. The molecule has 0 radical (unpaired) electrons. The number of methoxy groups -OCH3 is 1. The molecular formula is C26H24N6O2. The molecular weight excluding hydrogens is 428 g/mol. The lowest BCUT2D eigenvalue weighted by atomic mass is 10.0. The molecule has 0 aliphatic heterocycles. The van der Waals surface area contributed by atoms with Gasteiger partial charge in [0.15, 0.2) is 0 Å². The molecule has 0 atom stereocenters. The third kappa shape index (κ3) is 3.59. The molecule has 5 rings (SSSR count). The molecule has 0 aliphatic carbocycles. The Hall–Kier alpha value is -4.46. The molecule has 8 nitrogen and oxygen atoms in total. The molecule has 0 amide bonds. The highest BCUT2D eigenvalue weighted by atomic mass is 16.5. The Morgan fingerprint density at radius 3 is 2.68 bits per heavy atom. The molecule has 4 aromatic heterocycles. The van der Waals surface area contributed by atoms with Crippen LogP contribution in [0.1, 0.15) is 6.92 Å². The number of nitrogens with zero attached hydrogens (tertiary/aromatic N) is 5. The van der Waals surface area contributed by atoms with Gasteiger partial charge in [-0.1, -0.05) is 18.2 Å². The lowest BCUT2D eigenvalue weighted by molar-refractivity contribution is 0.396. The Balaban J connectivity index is 1.70. The van der Waals surface area contributed by atoms with Gasteiger partial charge in [-0.15, -0.1) is 0 Å². The lowest BCUT2D eigenvalue weighted by Gasteiger charge is -2.10. The molecule has 0 aliphatic rings. The van der Waals surface area contributed by atoms with E-state index in [4.69, 9.17) is 4.74 Å². The average molecular weight is 453 g/mol. The van der Waals surface area contributed by atoms with Crippen LogP contribution in [0.4, 0.5) is 5.82 Å². The van der Waals surface area contributed by atoms with Crippen LogP contribution in [0.15, 0.2) is 78.0 Å². The summed E-state index contributed by atoms with van der Waals surface area (Å²) in [7, 11) is 3.29. The highest BCUT2D eigenvalue weighted by Gasteiger charge is 2.19. The van der Waals surface area contributed by atoms with Gasteiger partial charge < -0.3 is 10.1 Å². The number of fused-ring (bicyclic) bond motifs is 3. The van der Waals surface area contributed by atoms with Gasteiger partial charge >= 0.3 is 5.69 Å². The molecule has 0 saturated heterocycles. The molecule has 0 fully saturated rings.